The van der Waals surface area contributed by atoms with Crippen LogP contribution in [0.3, 0.4) is 0 Å². The van der Waals surface area contributed by atoms with Crippen LogP contribution in [0.5, 0.6) is 0 Å². The third-order valence-corrected chi connectivity index (χ3v) is 2.62. The summed E-state index contributed by atoms with van der Waals surface area (Å²) < 4.78 is 1.58. The summed E-state index contributed by atoms with van der Waals surface area (Å²) >= 11 is 0. The Hall–Kier alpha value is -1.89. The van der Waals surface area contributed by atoms with Crippen molar-refractivity contribution in [2.75, 3.05) is 13.6 Å². The second-order valence-electron chi connectivity index (χ2n) is 5.92. The van der Waals surface area contributed by atoms with Crippen LogP contribution in [0.15, 0.2) is 12.4 Å². The molecule has 0 saturated heterocycles. The molecule has 112 valence electrons. The SMILES string of the molecule is CN(CC(=O)NC(C)(C)C)C(=O)C(N)c1cnn(C)c1. The summed E-state index contributed by atoms with van der Waals surface area (Å²) in [6.07, 6.45) is 3.23. The van der Waals surface area contributed by atoms with Crippen molar-refractivity contribution in [3.8, 4) is 0 Å². The van der Waals surface area contributed by atoms with Crippen LogP contribution in [-0.2, 0) is 16.6 Å². The van der Waals surface area contributed by atoms with Gasteiger partial charge in [-0.25, -0.2) is 0 Å². The Morgan fingerprint density at radius 2 is 2.10 bits per heavy atom. The first-order chi connectivity index (χ1) is 9.10. The Bertz CT molecular complexity index is 489. The summed E-state index contributed by atoms with van der Waals surface area (Å²) in [6, 6.07) is -0.809. The molecular weight excluding hydrogens is 258 g/mol. The van der Waals surface area contributed by atoms with Crippen molar-refractivity contribution in [2.24, 2.45) is 12.8 Å². The van der Waals surface area contributed by atoms with Crippen LogP contribution in [-0.4, -0.2) is 45.6 Å². The average molecular weight is 281 g/mol. The third kappa shape index (κ3) is 4.65. The van der Waals surface area contributed by atoms with Crippen LogP contribution in [0.4, 0.5) is 0 Å². The van der Waals surface area contributed by atoms with Crippen molar-refractivity contribution < 1.29 is 9.59 Å². The number of nitrogens with one attached hydrogen (secondary N) is 1. The lowest BCUT2D eigenvalue weighted by atomic mass is 10.1. The van der Waals surface area contributed by atoms with Gasteiger partial charge < -0.3 is 16.0 Å². The Labute approximate surface area is 119 Å². The molecule has 2 amide bonds. The summed E-state index contributed by atoms with van der Waals surface area (Å²) in [5, 5.41) is 6.77. The van der Waals surface area contributed by atoms with Gasteiger partial charge in [-0.15, -0.1) is 0 Å². The summed E-state index contributed by atoms with van der Waals surface area (Å²) in [4.78, 5) is 25.2. The quantitative estimate of drug-likeness (QED) is 0.799. The molecule has 0 aliphatic carbocycles. The molecule has 1 aromatic rings. The number of nitrogens with two attached hydrogens (primary N) is 1. The molecule has 0 spiro atoms. The first-order valence-corrected chi connectivity index (χ1v) is 6.40. The lowest BCUT2D eigenvalue weighted by molar-refractivity contribution is -0.136. The highest BCUT2D eigenvalue weighted by molar-refractivity contribution is 5.88. The molecule has 0 aromatic carbocycles. The minimum atomic E-state index is -0.809. The number of aryl methyl sites for hydroxylation is 1. The molecule has 1 heterocycles. The highest BCUT2D eigenvalue weighted by Gasteiger charge is 2.23. The average Bonchev–Trinajstić information content (AvgIpc) is 2.71. The predicted octanol–water partition coefficient (Wildman–Crippen LogP) is -0.207. The predicted molar refractivity (Wildman–Crippen MR) is 75.7 cm³/mol. The maximum Gasteiger partial charge on any atom is 0.244 e. The maximum atomic E-state index is 12.1. The van der Waals surface area contributed by atoms with Crippen LogP contribution in [0.2, 0.25) is 0 Å². The van der Waals surface area contributed by atoms with Gasteiger partial charge in [-0.2, -0.15) is 5.10 Å². The van der Waals surface area contributed by atoms with E-state index in [0.717, 1.165) is 0 Å². The zero-order chi connectivity index (χ0) is 15.5. The molecule has 3 N–H and O–H groups in total. The number of rotatable bonds is 4. The van der Waals surface area contributed by atoms with Gasteiger partial charge in [-0.3, -0.25) is 14.3 Å². The van der Waals surface area contributed by atoms with E-state index in [0.29, 0.717) is 5.56 Å². The molecule has 0 aliphatic rings. The summed E-state index contributed by atoms with van der Waals surface area (Å²) in [6.45, 7) is 5.63. The number of aromatic nitrogens is 2. The lowest BCUT2D eigenvalue weighted by Crippen LogP contribution is -2.47. The van der Waals surface area contributed by atoms with E-state index in [1.165, 1.54) is 4.90 Å². The number of hydrogen-bond acceptors (Lipinski definition) is 4. The molecule has 0 fully saturated rings. The van der Waals surface area contributed by atoms with E-state index in [4.69, 9.17) is 5.73 Å². The zero-order valence-corrected chi connectivity index (χ0v) is 12.7. The van der Waals surface area contributed by atoms with Crippen molar-refractivity contribution in [1.82, 2.24) is 20.0 Å². The van der Waals surface area contributed by atoms with Crippen molar-refractivity contribution in [1.29, 1.82) is 0 Å². The number of likely N-dealkylation sites (N-methyl/N-ethyl adjacent to an activating group) is 1. The second-order valence-corrected chi connectivity index (χ2v) is 5.92. The fourth-order valence-electron chi connectivity index (χ4n) is 1.73. The normalized spacial score (nSPS) is 12.9. The molecule has 1 unspecified atom stereocenters. The van der Waals surface area contributed by atoms with Gasteiger partial charge >= 0.3 is 0 Å². The van der Waals surface area contributed by atoms with Gasteiger partial charge in [0.2, 0.25) is 11.8 Å². The second kappa shape index (κ2) is 6.04. The van der Waals surface area contributed by atoms with Gasteiger partial charge in [-0.1, -0.05) is 0 Å². The van der Waals surface area contributed by atoms with Crippen LogP contribution in [0, 0.1) is 0 Å². The molecule has 0 radical (unpaired) electrons. The highest BCUT2D eigenvalue weighted by atomic mass is 16.2. The Morgan fingerprint density at radius 1 is 1.50 bits per heavy atom. The number of nitrogens with zero attached hydrogens (tertiary/aromatic N) is 3. The summed E-state index contributed by atoms with van der Waals surface area (Å²) in [5.74, 6) is -0.534. The van der Waals surface area contributed by atoms with Crippen LogP contribution in [0.25, 0.3) is 0 Å². The molecule has 0 bridgehead atoms. The van der Waals surface area contributed by atoms with E-state index < -0.39 is 6.04 Å². The number of carbonyl (C=O) groups excluding carboxylic acids is 2. The fourth-order valence-corrected chi connectivity index (χ4v) is 1.73. The largest absolute Gasteiger partial charge is 0.350 e. The lowest BCUT2D eigenvalue weighted by Gasteiger charge is -2.24. The molecule has 1 rings (SSSR count). The first kappa shape index (κ1) is 16.2. The fraction of sp³-hybridized carbons (Fsp3) is 0.615. The number of amides is 2. The van der Waals surface area contributed by atoms with E-state index in [2.05, 4.69) is 10.4 Å². The monoisotopic (exact) mass is 281 g/mol. The Balaban J connectivity index is 2.61. The molecular formula is C13H23N5O2. The van der Waals surface area contributed by atoms with E-state index in [9.17, 15) is 9.59 Å². The van der Waals surface area contributed by atoms with Gasteiger partial charge in [0.15, 0.2) is 0 Å². The van der Waals surface area contributed by atoms with Gasteiger partial charge in [0.05, 0.1) is 12.7 Å². The molecule has 1 atom stereocenters. The van der Waals surface area contributed by atoms with Crippen molar-refractivity contribution in [2.45, 2.75) is 32.4 Å². The summed E-state index contributed by atoms with van der Waals surface area (Å²) in [5.41, 5.74) is 6.18. The van der Waals surface area contributed by atoms with Crippen molar-refractivity contribution >= 4 is 11.8 Å². The van der Waals surface area contributed by atoms with Gasteiger partial charge in [-0.05, 0) is 20.8 Å². The standard InChI is InChI=1S/C13H23N5O2/c1-13(2,3)16-10(19)8-17(4)12(20)11(14)9-6-15-18(5)7-9/h6-7,11H,8,14H2,1-5H3,(H,16,19). The van der Waals surface area contributed by atoms with Gasteiger partial charge in [0, 0.05) is 31.4 Å². The minimum Gasteiger partial charge on any atom is -0.350 e. The topological polar surface area (TPSA) is 93.2 Å². The Morgan fingerprint density at radius 3 is 2.55 bits per heavy atom. The van der Waals surface area contributed by atoms with Gasteiger partial charge in [0.1, 0.15) is 6.04 Å². The first-order valence-electron chi connectivity index (χ1n) is 6.40. The molecule has 20 heavy (non-hydrogen) atoms. The van der Waals surface area contributed by atoms with Crippen LogP contribution >= 0.6 is 0 Å². The smallest absolute Gasteiger partial charge is 0.244 e. The molecule has 7 nitrogen and oxygen atoms in total. The third-order valence-electron chi connectivity index (χ3n) is 2.62. The van der Waals surface area contributed by atoms with E-state index in [1.807, 2.05) is 20.8 Å². The van der Waals surface area contributed by atoms with E-state index in [1.54, 1.807) is 31.2 Å². The molecule has 7 heteroatoms. The Kier molecular flexibility index (Phi) is 4.88. The molecule has 1 aromatic heterocycles. The number of carbonyl (C=O) groups is 2. The highest BCUT2D eigenvalue weighted by Crippen LogP contribution is 2.11. The van der Waals surface area contributed by atoms with Crippen LogP contribution < -0.4 is 11.1 Å². The molecule has 0 aliphatic heterocycles. The van der Waals surface area contributed by atoms with Gasteiger partial charge in [0.25, 0.3) is 0 Å². The minimum absolute atomic E-state index is 0.0237. The van der Waals surface area contributed by atoms with Crippen molar-refractivity contribution in [3.63, 3.8) is 0 Å². The van der Waals surface area contributed by atoms with Crippen molar-refractivity contribution in [3.05, 3.63) is 18.0 Å². The number of hydrogen-bond donors (Lipinski definition) is 2. The van der Waals surface area contributed by atoms with Crippen LogP contribution in [0.1, 0.15) is 32.4 Å². The zero-order valence-electron chi connectivity index (χ0n) is 12.7. The van der Waals surface area contributed by atoms with E-state index >= 15 is 0 Å². The van der Waals surface area contributed by atoms with E-state index in [-0.39, 0.29) is 23.9 Å². The summed E-state index contributed by atoms with van der Waals surface area (Å²) in [7, 11) is 3.31. The maximum absolute atomic E-state index is 12.1. The molecule has 0 saturated carbocycles.